The first-order valence-corrected chi connectivity index (χ1v) is 10.6. The lowest BCUT2D eigenvalue weighted by Gasteiger charge is -2.09. The number of nitrogens with one attached hydrogen (secondary N) is 1. The number of hydrazone groups is 1. The Labute approximate surface area is 206 Å². The van der Waals surface area contributed by atoms with Crippen molar-refractivity contribution in [3.63, 3.8) is 0 Å². The second-order valence-electron chi connectivity index (χ2n) is 6.68. The molecule has 0 saturated heterocycles. The predicted molar refractivity (Wildman–Crippen MR) is 129 cm³/mol. The van der Waals surface area contributed by atoms with E-state index in [9.17, 15) is 9.59 Å². The van der Waals surface area contributed by atoms with E-state index in [1.807, 2.05) is 0 Å². The average molecular weight is 503 g/mol. The van der Waals surface area contributed by atoms with Crippen molar-refractivity contribution in [2.45, 2.75) is 0 Å². The number of carbonyl (C=O) groups excluding carboxylic acids is 2. The third-order valence-corrected chi connectivity index (χ3v) is 4.90. The number of esters is 1. The molecule has 0 unspecified atom stereocenters. The van der Waals surface area contributed by atoms with E-state index in [0.717, 1.165) is 0 Å². The summed E-state index contributed by atoms with van der Waals surface area (Å²) in [6, 6.07) is 16.0. The summed E-state index contributed by atoms with van der Waals surface area (Å²) in [7, 11) is 3.00. The molecule has 0 aliphatic rings. The molecule has 0 radical (unpaired) electrons. The summed E-state index contributed by atoms with van der Waals surface area (Å²) < 4.78 is 21.1. The van der Waals surface area contributed by atoms with Crippen LogP contribution in [0, 0.1) is 0 Å². The molecule has 0 aliphatic heterocycles. The molecule has 0 fully saturated rings. The van der Waals surface area contributed by atoms with Gasteiger partial charge in [0, 0.05) is 5.02 Å². The number of rotatable bonds is 9. The molecular formula is C24H20Cl2N2O6. The van der Waals surface area contributed by atoms with Crippen molar-refractivity contribution in [3.05, 3.63) is 81.8 Å². The summed E-state index contributed by atoms with van der Waals surface area (Å²) in [5, 5.41) is 4.64. The van der Waals surface area contributed by atoms with Gasteiger partial charge in [-0.25, -0.2) is 10.2 Å². The Hall–Kier alpha value is -3.75. The lowest BCUT2D eigenvalue weighted by Crippen LogP contribution is -2.24. The van der Waals surface area contributed by atoms with Crippen molar-refractivity contribution in [3.8, 4) is 23.0 Å². The van der Waals surface area contributed by atoms with Gasteiger partial charge in [-0.1, -0.05) is 23.2 Å². The highest BCUT2D eigenvalue weighted by Gasteiger charge is 2.13. The number of hydrogen-bond acceptors (Lipinski definition) is 7. The minimum Gasteiger partial charge on any atom is -0.493 e. The molecule has 3 rings (SSSR count). The standard InChI is InChI=1S/C24H20Cl2N2O6/c1-31-21-9-5-16(11-22(21)32-2)24(30)34-18-7-3-15(4-8-18)13-27-28-23(29)14-33-20-10-6-17(25)12-19(20)26/h3-13H,14H2,1-2H3,(H,28,29). The van der Waals surface area contributed by atoms with Crippen LogP contribution in [-0.4, -0.2) is 38.9 Å². The maximum Gasteiger partial charge on any atom is 0.343 e. The number of hydrogen-bond donors (Lipinski definition) is 1. The van der Waals surface area contributed by atoms with Gasteiger partial charge in [-0.15, -0.1) is 0 Å². The van der Waals surface area contributed by atoms with Crippen LogP contribution in [0.1, 0.15) is 15.9 Å². The molecule has 3 aromatic carbocycles. The highest BCUT2D eigenvalue weighted by atomic mass is 35.5. The topological polar surface area (TPSA) is 95.5 Å². The van der Waals surface area contributed by atoms with Gasteiger partial charge in [-0.3, -0.25) is 4.79 Å². The van der Waals surface area contributed by atoms with Gasteiger partial charge < -0.3 is 18.9 Å². The molecule has 0 spiro atoms. The Kier molecular flexibility index (Phi) is 8.73. The van der Waals surface area contributed by atoms with Gasteiger partial charge >= 0.3 is 5.97 Å². The van der Waals surface area contributed by atoms with Gasteiger partial charge in [-0.05, 0) is 66.2 Å². The fourth-order valence-electron chi connectivity index (χ4n) is 2.70. The lowest BCUT2D eigenvalue weighted by molar-refractivity contribution is -0.123. The first kappa shape index (κ1) is 24.9. The summed E-state index contributed by atoms with van der Waals surface area (Å²) in [6.07, 6.45) is 1.44. The van der Waals surface area contributed by atoms with Crippen molar-refractivity contribution < 1.29 is 28.5 Å². The lowest BCUT2D eigenvalue weighted by atomic mass is 10.2. The summed E-state index contributed by atoms with van der Waals surface area (Å²) in [6.45, 7) is -0.274. The summed E-state index contributed by atoms with van der Waals surface area (Å²) in [5.74, 6) is 0.595. The first-order valence-electron chi connectivity index (χ1n) is 9.83. The van der Waals surface area contributed by atoms with Crippen molar-refractivity contribution in [2.75, 3.05) is 20.8 Å². The maximum atomic E-state index is 12.4. The van der Waals surface area contributed by atoms with Crippen LogP contribution >= 0.6 is 23.2 Å². The third-order valence-electron chi connectivity index (χ3n) is 4.37. The molecule has 1 amide bonds. The molecule has 3 aromatic rings. The van der Waals surface area contributed by atoms with E-state index in [0.29, 0.717) is 44.2 Å². The van der Waals surface area contributed by atoms with E-state index in [4.69, 9.17) is 42.1 Å². The number of halogens is 2. The van der Waals surface area contributed by atoms with Crippen LogP contribution in [0.25, 0.3) is 0 Å². The number of carbonyl (C=O) groups is 2. The van der Waals surface area contributed by atoms with Crippen LogP contribution in [0.15, 0.2) is 65.8 Å². The average Bonchev–Trinajstić information content (AvgIpc) is 2.84. The fraction of sp³-hybridized carbons (Fsp3) is 0.125. The second-order valence-corrected chi connectivity index (χ2v) is 7.53. The van der Waals surface area contributed by atoms with E-state index in [1.165, 1.54) is 32.6 Å². The fourth-order valence-corrected chi connectivity index (χ4v) is 3.16. The SMILES string of the molecule is COc1ccc(C(=O)Oc2ccc(C=NNC(=O)COc3ccc(Cl)cc3Cl)cc2)cc1OC. The van der Waals surface area contributed by atoms with Crippen molar-refractivity contribution >= 4 is 41.3 Å². The zero-order valence-electron chi connectivity index (χ0n) is 18.2. The van der Waals surface area contributed by atoms with Gasteiger partial charge in [0.15, 0.2) is 18.1 Å². The van der Waals surface area contributed by atoms with Gasteiger partial charge in [0.25, 0.3) is 5.91 Å². The summed E-state index contributed by atoms with van der Waals surface area (Å²) >= 11 is 11.8. The monoisotopic (exact) mass is 502 g/mol. The highest BCUT2D eigenvalue weighted by molar-refractivity contribution is 6.35. The minimum atomic E-state index is -0.546. The molecule has 0 bridgehead atoms. The van der Waals surface area contributed by atoms with E-state index < -0.39 is 11.9 Å². The molecule has 0 heterocycles. The molecule has 0 aliphatic carbocycles. The Morgan fingerprint density at radius 1 is 0.912 bits per heavy atom. The highest BCUT2D eigenvalue weighted by Crippen LogP contribution is 2.28. The first-order chi connectivity index (χ1) is 16.4. The number of amides is 1. The number of ether oxygens (including phenoxy) is 4. The van der Waals surface area contributed by atoms with E-state index in [-0.39, 0.29) is 6.61 Å². The van der Waals surface area contributed by atoms with Gasteiger partial charge in [-0.2, -0.15) is 5.10 Å². The van der Waals surface area contributed by atoms with Gasteiger partial charge in [0.05, 0.1) is 31.0 Å². The Balaban J connectivity index is 1.50. The van der Waals surface area contributed by atoms with Gasteiger partial charge in [0.2, 0.25) is 0 Å². The predicted octanol–water partition coefficient (Wildman–Crippen LogP) is 4.76. The molecule has 0 atom stereocenters. The molecule has 10 heteroatoms. The Bertz CT molecular complexity index is 1200. The van der Waals surface area contributed by atoms with Crippen LogP contribution in [0.2, 0.25) is 10.0 Å². The van der Waals surface area contributed by atoms with Crippen molar-refractivity contribution in [2.24, 2.45) is 5.10 Å². The molecule has 8 nitrogen and oxygen atoms in total. The van der Waals surface area contributed by atoms with E-state index >= 15 is 0 Å². The van der Waals surface area contributed by atoms with Crippen LogP contribution < -0.4 is 24.4 Å². The smallest absolute Gasteiger partial charge is 0.343 e. The van der Waals surface area contributed by atoms with Gasteiger partial charge in [0.1, 0.15) is 11.5 Å². The largest absolute Gasteiger partial charge is 0.493 e. The molecule has 1 N–H and O–H groups in total. The van der Waals surface area contributed by atoms with E-state index in [1.54, 1.807) is 48.5 Å². The number of benzene rings is 3. The zero-order chi connectivity index (χ0) is 24.5. The van der Waals surface area contributed by atoms with E-state index in [2.05, 4.69) is 10.5 Å². The van der Waals surface area contributed by atoms with Crippen LogP contribution in [0.5, 0.6) is 23.0 Å². The van der Waals surface area contributed by atoms with Crippen LogP contribution in [-0.2, 0) is 4.79 Å². The quantitative estimate of drug-likeness (QED) is 0.196. The molecule has 0 aromatic heterocycles. The Morgan fingerprint density at radius 2 is 1.62 bits per heavy atom. The van der Waals surface area contributed by atoms with Crippen molar-refractivity contribution in [1.29, 1.82) is 0 Å². The minimum absolute atomic E-state index is 0.274. The maximum absolute atomic E-state index is 12.4. The Morgan fingerprint density at radius 3 is 2.29 bits per heavy atom. The summed E-state index contributed by atoms with van der Waals surface area (Å²) in [4.78, 5) is 24.3. The number of methoxy groups -OCH3 is 2. The number of nitrogens with zero attached hydrogens (tertiary/aromatic N) is 1. The van der Waals surface area contributed by atoms with Crippen LogP contribution in [0.4, 0.5) is 0 Å². The third kappa shape index (κ3) is 6.87. The normalized spacial score (nSPS) is 10.6. The molecule has 34 heavy (non-hydrogen) atoms. The zero-order valence-corrected chi connectivity index (χ0v) is 19.7. The van der Waals surface area contributed by atoms with Crippen LogP contribution in [0.3, 0.4) is 0 Å². The molecule has 176 valence electrons. The molecular weight excluding hydrogens is 483 g/mol. The van der Waals surface area contributed by atoms with Crippen molar-refractivity contribution in [1.82, 2.24) is 5.43 Å². The molecule has 0 saturated carbocycles. The second kappa shape index (κ2) is 11.9. The summed E-state index contributed by atoms with van der Waals surface area (Å²) in [5.41, 5.74) is 3.34.